The Kier molecular flexibility index (Phi) is 5.51. The third kappa shape index (κ3) is 4.42. The maximum atomic E-state index is 14.5. The number of rotatable bonds is 5. The maximum Gasteiger partial charge on any atom is 0.306 e. The van der Waals surface area contributed by atoms with Crippen LogP contribution < -0.4 is 5.32 Å². The van der Waals surface area contributed by atoms with E-state index in [9.17, 15) is 9.18 Å². The van der Waals surface area contributed by atoms with E-state index in [1.165, 1.54) is 6.20 Å². The molecule has 1 aliphatic carbocycles. The minimum absolute atomic E-state index is 0.0968. The van der Waals surface area contributed by atoms with E-state index in [1.807, 2.05) is 54.6 Å². The molecule has 6 heteroatoms. The average molecular weight is 391 g/mol. The Bertz CT molecular complexity index is 1000. The molecule has 0 saturated heterocycles. The van der Waals surface area contributed by atoms with E-state index >= 15 is 0 Å². The molecule has 0 atom stereocenters. The molecule has 1 aliphatic rings. The van der Waals surface area contributed by atoms with Gasteiger partial charge in [-0.15, -0.1) is 0 Å². The minimum atomic E-state index is -0.734. The molecule has 5 nitrogen and oxygen atoms in total. The summed E-state index contributed by atoms with van der Waals surface area (Å²) in [6.45, 7) is 0. The Morgan fingerprint density at radius 3 is 2.38 bits per heavy atom. The molecular formula is C23H22FN3O2. The van der Waals surface area contributed by atoms with E-state index in [0.29, 0.717) is 24.4 Å². The quantitative estimate of drug-likeness (QED) is 0.640. The number of aromatic nitrogens is 2. The summed E-state index contributed by atoms with van der Waals surface area (Å²) in [4.78, 5) is 19.6. The Balaban J connectivity index is 1.54. The molecule has 0 bridgehead atoms. The van der Waals surface area contributed by atoms with Crippen LogP contribution in [-0.2, 0) is 4.79 Å². The summed E-state index contributed by atoms with van der Waals surface area (Å²) in [5, 5.41) is 12.4. The zero-order valence-corrected chi connectivity index (χ0v) is 15.9. The number of hydrogen-bond acceptors (Lipinski definition) is 4. The highest BCUT2D eigenvalue weighted by atomic mass is 19.1. The molecule has 0 aliphatic heterocycles. The second-order valence-corrected chi connectivity index (χ2v) is 7.37. The summed E-state index contributed by atoms with van der Waals surface area (Å²) in [5.41, 5.74) is 2.98. The second kappa shape index (κ2) is 8.39. The average Bonchev–Trinajstić information content (AvgIpc) is 2.76. The summed E-state index contributed by atoms with van der Waals surface area (Å²) >= 11 is 0. The van der Waals surface area contributed by atoms with Crippen molar-refractivity contribution in [2.45, 2.75) is 31.7 Å². The summed E-state index contributed by atoms with van der Waals surface area (Å²) in [7, 11) is 0. The third-order valence-corrected chi connectivity index (χ3v) is 5.40. The number of benzene rings is 2. The highest BCUT2D eigenvalue weighted by Crippen LogP contribution is 2.29. The number of aliphatic carboxylic acids is 1. The lowest BCUT2D eigenvalue weighted by atomic mass is 9.86. The van der Waals surface area contributed by atoms with Crippen molar-refractivity contribution >= 4 is 11.9 Å². The van der Waals surface area contributed by atoms with Crippen LogP contribution in [0, 0.1) is 11.7 Å². The van der Waals surface area contributed by atoms with Crippen LogP contribution in [0.15, 0.2) is 60.8 Å². The SMILES string of the molecule is O=C(O)[C@H]1CC[C@H](Nc2ncc(F)c(-c3cccc(-c4ccccc4)c3)n2)CC1. The lowest BCUT2D eigenvalue weighted by molar-refractivity contribution is -0.142. The van der Waals surface area contributed by atoms with Crippen molar-refractivity contribution in [3.05, 3.63) is 66.6 Å². The van der Waals surface area contributed by atoms with Crippen LogP contribution in [0.25, 0.3) is 22.4 Å². The van der Waals surface area contributed by atoms with Gasteiger partial charge in [0.05, 0.1) is 12.1 Å². The first-order chi connectivity index (χ1) is 14.1. The van der Waals surface area contributed by atoms with E-state index in [-0.39, 0.29) is 17.7 Å². The van der Waals surface area contributed by atoms with Gasteiger partial charge in [-0.3, -0.25) is 4.79 Å². The predicted molar refractivity (Wildman–Crippen MR) is 110 cm³/mol. The number of nitrogens with zero attached hydrogens (tertiary/aromatic N) is 2. The highest BCUT2D eigenvalue weighted by molar-refractivity contribution is 5.72. The molecule has 148 valence electrons. The molecule has 0 unspecified atom stereocenters. The second-order valence-electron chi connectivity index (χ2n) is 7.37. The maximum absolute atomic E-state index is 14.5. The minimum Gasteiger partial charge on any atom is -0.481 e. The standard InChI is InChI=1S/C23H22FN3O2/c24-20-14-25-23(26-19-11-9-16(10-12-19)22(28)29)27-21(20)18-8-4-7-17(13-18)15-5-2-1-3-6-15/h1-8,13-14,16,19H,9-12H2,(H,28,29)(H,25,26,27)/t16-,19-. The molecule has 4 rings (SSSR count). The van der Waals surface area contributed by atoms with Gasteiger partial charge in [-0.1, -0.05) is 48.5 Å². The van der Waals surface area contributed by atoms with Crippen molar-refractivity contribution in [3.63, 3.8) is 0 Å². The molecule has 0 amide bonds. The normalized spacial score (nSPS) is 18.9. The number of nitrogens with one attached hydrogen (secondary N) is 1. The summed E-state index contributed by atoms with van der Waals surface area (Å²) in [6, 6.07) is 17.6. The molecule has 0 spiro atoms. The van der Waals surface area contributed by atoms with Gasteiger partial charge in [0.2, 0.25) is 5.95 Å². The van der Waals surface area contributed by atoms with Crippen LogP contribution in [0.4, 0.5) is 10.3 Å². The van der Waals surface area contributed by atoms with Gasteiger partial charge in [-0.2, -0.15) is 0 Å². The molecule has 1 aromatic heterocycles. The summed E-state index contributed by atoms with van der Waals surface area (Å²) < 4.78 is 14.5. The third-order valence-electron chi connectivity index (χ3n) is 5.40. The summed E-state index contributed by atoms with van der Waals surface area (Å²) in [6.07, 6.45) is 3.90. The van der Waals surface area contributed by atoms with E-state index < -0.39 is 11.8 Å². The van der Waals surface area contributed by atoms with Gasteiger partial charge in [0.15, 0.2) is 5.82 Å². The van der Waals surface area contributed by atoms with E-state index in [2.05, 4.69) is 15.3 Å². The Labute approximate surface area is 168 Å². The van der Waals surface area contributed by atoms with Crippen molar-refractivity contribution in [1.82, 2.24) is 9.97 Å². The Morgan fingerprint density at radius 1 is 0.966 bits per heavy atom. The summed E-state index contributed by atoms with van der Waals surface area (Å²) in [5.74, 6) is -1.12. The molecule has 2 N–H and O–H groups in total. The molecule has 0 radical (unpaired) electrons. The zero-order valence-electron chi connectivity index (χ0n) is 15.9. The van der Waals surface area contributed by atoms with Crippen LogP contribution in [0.5, 0.6) is 0 Å². The van der Waals surface area contributed by atoms with Gasteiger partial charge in [0.25, 0.3) is 0 Å². The zero-order chi connectivity index (χ0) is 20.2. The van der Waals surface area contributed by atoms with Crippen LogP contribution in [0.2, 0.25) is 0 Å². The molecule has 3 aromatic rings. The molecule has 29 heavy (non-hydrogen) atoms. The lowest BCUT2D eigenvalue weighted by Crippen LogP contribution is -2.29. The van der Waals surface area contributed by atoms with Gasteiger partial charge in [0.1, 0.15) is 5.69 Å². The van der Waals surface area contributed by atoms with Crippen LogP contribution in [0.1, 0.15) is 25.7 Å². The number of halogens is 1. The number of hydrogen-bond donors (Lipinski definition) is 2. The predicted octanol–water partition coefficient (Wildman–Crippen LogP) is 5.01. The fourth-order valence-electron chi connectivity index (χ4n) is 3.78. The Morgan fingerprint density at radius 2 is 1.66 bits per heavy atom. The smallest absolute Gasteiger partial charge is 0.306 e. The van der Waals surface area contributed by atoms with Crippen molar-refractivity contribution in [1.29, 1.82) is 0 Å². The first kappa shape index (κ1) is 19.1. The van der Waals surface area contributed by atoms with Crippen molar-refractivity contribution in [3.8, 4) is 22.4 Å². The van der Waals surface area contributed by atoms with Gasteiger partial charge >= 0.3 is 5.97 Å². The van der Waals surface area contributed by atoms with E-state index in [0.717, 1.165) is 24.0 Å². The molecule has 1 heterocycles. The Hall–Kier alpha value is -3.28. The first-order valence-electron chi connectivity index (χ1n) is 9.78. The number of anilines is 1. The van der Waals surface area contributed by atoms with E-state index in [4.69, 9.17) is 5.11 Å². The topological polar surface area (TPSA) is 75.1 Å². The fourth-order valence-corrected chi connectivity index (χ4v) is 3.78. The van der Waals surface area contributed by atoms with Crippen LogP contribution >= 0.6 is 0 Å². The molecule has 1 fully saturated rings. The number of carbonyl (C=O) groups is 1. The van der Waals surface area contributed by atoms with Crippen molar-refractivity contribution in [2.24, 2.45) is 5.92 Å². The van der Waals surface area contributed by atoms with E-state index in [1.54, 1.807) is 0 Å². The largest absolute Gasteiger partial charge is 0.481 e. The van der Waals surface area contributed by atoms with Crippen molar-refractivity contribution in [2.75, 3.05) is 5.32 Å². The van der Waals surface area contributed by atoms with Gasteiger partial charge < -0.3 is 10.4 Å². The monoisotopic (exact) mass is 391 g/mol. The van der Waals surface area contributed by atoms with Crippen molar-refractivity contribution < 1.29 is 14.3 Å². The van der Waals surface area contributed by atoms with Gasteiger partial charge in [0, 0.05) is 11.6 Å². The number of carboxylic acids is 1. The lowest BCUT2D eigenvalue weighted by Gasteiger charge is -2.26. The molecule has 2 aromatic carbocycles. The van der Waals surface area contributed by atoms with Gasteiger partial charge in [-0.25, -0.2) is 14.4 Å². The fraction of sp³-hybridized carbons (Fsp3) is 0.261. The van der Waals surface area contributed by atoms with Crippen LogP contribution in [-0.4, -0.2) is 27.1 Å². The number of carboxylic acid groups (broad SMARTS) is 1. The van der Waals surface area contributed by atoms with Gasteiger partial charge in [-0.05, 0) is 42.9 Å². The first-order valence-corrected chi connectivity index (χ1v) is 9.78. The molecule has 1 saturated carbocycles. The molecular weight excluding hydrogens is 369 g/mol. The van der Waals surface area contributed by atoms with Crippen LogP contribution in [0.3, 0.4) is 0 Å². The highest BCUT2D eigenvalue weighted by Gasteiger charge is 2.26.